The van der Waals surface area contributed by atoms with Crippen molar-refractivity contribution < 1.29 is 41.1 Å². The van der Waals surface area contributed by atoms with Crippen molar-refractivity contribution in [3.05, 3.63) is 106 Å². The Labute approximate surface area is 195 Å². The van der Waals surface area contributed by atoms with Crippen LogP contribution in [0.2, 0.25) is 0 Å². The monoisotopic (exact) mass is 496 g/mol. The van der Waals surface area contributed by atoms with E-state index in [9.17, 15) is 35.9 Å². The number of carbonyl (C=O) groups is 2. The summed E-state index contributed by atoms with van der Waals surface area (Å²) < 4.78 is 82.7. The number of halogens is 6. The molecule has 2 amide bonds. The number of hydrogen-bond donors (Lipinski definition) is 2. The topological polar surface area (TPSA) is 69.6 Å². The molecule has 3 aromatic rings. The Kier molecular flexibility index (Phi) is 8.13. The van der Waals surface area contributed by atoms with E-state index in [0.29, 0.717) is 16.7 Å². The zero-order valence-corrected chi connectivity index (χ0v) is 17.9. The Balaban J connectivity index is 1.92. The molecule has 0 aliphatic carbocycles. The van der Waals surface area contributed by atoms with Gasteiger partial charge in [0.25, 0.3) is 5.91 Å². The summed E-state index contributed by atoms with van der Waals surface area (Å²) in [5, 5.41) is 8.55. The SMILES string of the molecule is O=C(CCc1ccc(CN(Cc2ccc(F)cc2)C(=O)c2c(F)c(F)c(F)c(F)c2F)cc1)NO. The van der Waals surface area contributed by atoms with E-state index in [4.69, 9.17) is 5.21 Å². The van der Waals surface area contributed by atoms with Gasteiger partial charge in [0.1, 0.15) is 11.4 Å². The summed E-state index contributed by atoms with van der Waals surface area (Å²) in [6.45, 7) is -0.607. The molecule has 0 radical (unpaired) electrons. The summed E-state index contributed by atoms with van der Waals surface area (Å²) in [6.07, 6.45) is 0.292. The van der Waals surface area contributed by atoms with E-state index in [0.717, 1.165) is 17.0 Å². The fourth-order valence-corrected chi connectivity index (χ4v) is 3.31. The van der Waals surface area contributed by atoms with Crippen molar-refractivity contribution in [3.63, 3.8) is 0 Å². The third-order valence-electron chi connectivity index (χ3n) is 5.16. The van der Waals surface area contributed by atoms with Gasteiger partial charge in [-0.2, -0.15) is 0 Å². The number of benzene rings is 3. The van der Waals surface area contributed by atoms with Gasteiger partial charge < -0.3 is 4.90 Å². The second kappa shape index (κ2) is 11.0. The maximum Gasteiger partial charge on any atom is 0.260 e. The van der Waals surface area contributed by atoms with E-state index >= 15 is 0 Å². The van der Waals surface area contributed by atoms with Crippen LogP contribution in [0.3, 0.4) is 0 Å². The smallest absolute Gasteiger partial charge is 0.260 e. The number of carbonyl (C=O) groups excluding carboxylic acids is 2. The molecule has 0 spiro atoms. The van der Waals surface area contributed by atoms with Gasteiger partial charge in [0.2, 0.25) is 11.7 Å². The lowest BCUT2D eigenvalue weighted by Crippen LogP contribution is -2.32. The van der Waals surface area contributed by atoms with E-state index in [2.05, 4.69) is 0 Å². The molecule has 11 heteroatoms. The molecule has 184 valence electrons. The first-order chi connectivity index (χ1) is 16.6. The first kappa shape index (κ1) is 25.8. The summed E-state index contributed by atoms with van der Waals surface area (Å²) in [5.74, 6) is -14.0. The third kappa shape index (κ3) is 5.99. The summed E-state index contributed by atoms with van der Waals surface area (Å²) in [6, 6.07) is 11.1. The first-order valence-electron chi connectivity index (χ1n) is 10.2. The lowest BCUT2D eigenvalue weighted by Gasteiger charge is -2.24. The normalized spacial score (nSPS) is 10.8. The quantitative estimate of drug-likeness (QED) is 0.155. The Hall–Kier alpha value is -3.86. The van der Waals surface area contributed by atoms with Crippen molar-refractivity contribution in [1.82, 2.24) is 10.4 Å². The predicted molar refractivity (Wildman–Crippen MR) is 111 cm³/mol. The molecule has 0 unspecified atom stereocenters. The lowest BCUT2D eigenvalue weighted by atomic mass is 10.1. The van der Waals surface area contributed by atoms with Crippen LogP contribution in [0.25, 0.3) is 0 Å². The molecule has 0 bridgehead atoms. The Morgan fingerprint density at radius 3 is 1.60 bits per heavy atom. The summed E-state index contributed by atoms with van der Waals surface area (Å²) in [5.41, 5.74) is 1.39. The first-order valence-corrected chi connectivity index (χ1v) is 10.2. The fourth-order valence-electron chi connectivity index (χ4n) is 3.31. The van der Waals surface area contributed by atoms with Gasteiger partial charge in [0.15, 0.2) is 23.3 Å². The second-order valence-electron chi connectivity index (χ2n) is 7.58. The zero-order chi connectivity index (χ0) is 25.7. The minimum absolute atomic E-state index is 0.00523. The molecule has 3 aromatic carbocycles. The fraction of sp³-hybridized carbons (Fsp3) is 0.167. The van der Waals surface area contributed by atoms with Crippen LogP contribution in [-0.2, 0) is 24.3 Å². The predicted octanol–water partition coefficient (Wildman–Crippen LogP) is 4.80. The lowest BCUT2D eigenvalue weighted by molar-refractivity contribution is -0.129. The molecular formula is C24H18F6N2O3. The molecule has 2 N–H and O–H groups in total. The highest BCUT2D eigenvalue weighted by Crippen LogP contribution is 2.26. The van der Waals surface area contributed by atoms with Crippen LogP contribution < -0.4 is 5.48 Å². The Morgan fingerprint density at radius 2 is 1.11 bits per heavy atom. The number of hydrogen-bond acceptors (Lipinski definition) is 3. The van der Waals surface area contributed by atoms with Gasteiger partial charge in [0.05, 0.1) is 0 Å². The van der Waals surface area contributed by atoms with Gasteiger partial charge in [-0.05, 0) is 35.2 Å². The molecule has 3 rings (SSSR count). The largest absolute Gasteiger partial charge is 0.330 e. The van der Waals surface area contributed by atoms with Crippen LogP contribution >= 0.6 is 0 Å². The molecule has 0 aliphatic rings. The highest BCUT2D eigenvalue weighted by atomic mass is 19.2. The average molecular weight is 496 g/mol. The van der Waals surface area contributed by atoms with E-state index < -0.39 is 52.3 Å². The molecule has 0 saturated heterocycles. The summed E-state index contributed by atoms with van der Waals surface area (Å²) >= 11 is 0. The van der Waals surface area contributed by atoms with Crippen LogP contribution in [0, 0.1) is 34.9 Å². The zero-order valence-electron chi connectivity index (χ0n) is 17.9. The van der Waals surface area contributed by atoms with Gasteiger partial charge in [-0.15, -0.1) is 0 Å². The summed E-state index contributed by atoms with van der Waals surface area (Å²) in [4.78, 5) is 25.0. The Bertz CT molecular complexity index is 1200. The van der Waals surface area contributed by atoms with Crippen molar-refractivity contribution in [2.75, 3.05) is 0 Å². The number of hydroxylamine groups is 1. The highest BCUT2D eigenvalue weighted by Gasteiger charge is 2.32. The van der Waals surface area contributed by atoms with Gasteiger partial charge >= 0.3 is 0 Å². The van der Waals surface area contributed by atoms with Gasteiger partial charge in [-0.1, -0.05) is 36.4 Å². The maximum absolute atomic E-state index is 14.3. The van der Waals surface area contributed by atoms with Crippen molar-refractivity contribution in [2.45, 2.75) is 25.9 Å². The van der Waals surface area contributed by atoms with E-state index in [1.165, 1.54) is 17.6 Å². The van der Waals surface area contributed by atoms with Crippen LogP contribution in [0.4, 0.5) is 26.3 Å². The Morgan fingerprint density at radius 1 is 0.686 bits per heavy atom. The van der Waals surface area contributed by atoms with E-state index in [1.807, 2.05) is 0 Å². The van der Waals surface area contributed by atoms with Gasteiger partial charge in [0, 0.05) is 19.5 Å². The molecule has 0 aliphatic heterocycles. The van der Waals surface area contributed by atoms with Crippen LogP contribution in [0.1, 0.15) is 33.5 Å². The minimum atomic E-state index is -2.38. The maximum atomic E-state index is 14.3. The van der Waals surface area contributed by atoms with Crippen molar-refractivity contribution in [2.24, 2.45) is 0 Å². The molecule has 0 saturated carbocycles. The number of amides is 2. The molecular weight excluding hydrogens is 478 g/mol. The number of aryl methyl sites for hydroxylation is 1. The average Bonchev–Trinajstić information content (AvgIpc) is 2.86. The van der Waals surface area contributed by atoms with Gasteiger partial charge in [-0.25, -0.2) is 31.8 Å². The highest BCUT2D eigenvalue weighted by molar-refractivity contribution is 5.94. The molecule has 35 heavy (non-hydrogen) atoms. The van der Waals surface area contributed by atoms with Crippen LogP contribution in [0.5, 0.6) is 0 Å². The van der Waals surface area contributed by atoms with Crippen molar-refractivity contribution in [3.8, 4) is 0 Å². The minimum Gasteiger partial charge on any atom is -0.330 e. The molecule has 0 aromatic heterocycles. The van der Waals surface area contributed by atoms with E-state index in [1.54, 1.807) is 24.3 Å². The van der Waals surface area contributed by atoms with Crippen LogP contribution in [-0.4, -0.2) is 21.9 Å². The number of rotatable bonds is 8. The van der Waals surface area contributed by atoms with Gasteiger partial charge in [-0.3, -0.25) is 14.8 Å². The number of nitrogens with zero attached hydrogens (tertiary/aromatic N) is 1. The summed E-state index contributed by atoms with van der Waals surface area (Å²) in [7, 11) is 0. The third-order valence-corrected chi connectivity index (χ3v) is 5.16. The van der Waals surface area contributed by atoms with Crippen molar-refractivity contribution in [1.29, 1.82) is 0 Å². The standard InChI is InChI=1S/C24H18F6N2O3/c25-16-8-5-15(6-9-16)12-32(11-14-3-1-13(2-4-14)7-10-17(33)31-35)24(34)18-19(26)21(28)23(30)22(29)20(18)27/h1-6,8-9,35H,7,10-12H2,(H,31,33). The molecule has 0 fully saturated rings. The van der Waals surface area contributed by atoms with E-state index in [-0.39, 0.29) is 25.9 Å². The molecule has 5 nitrogen and oxygen atoms in total. The number of nitrogens with one attached hydrogen (secondary N) is 1. The molecule has 0 atom stereocenters. The van der Waals surface area contributed by atoms with Crippen molar-refractivity contribution >= 4 is 11.8 Å². The van der Waals surface area contributed by atoms with Crippen LogP contribution in [0.15, 0.2) is 48.5 Å². The molecule has 0 heterocycles. The second-order valence-corrected chi connectivity index (χ2v) is 7.58.